The van der Waals surface area contributed by atoms with Crippen molar-refractivity contribution in [3.05, 3.63) is 81.6 Å². The Bertz CT molecular complexity index is 1300. The number of nitrogens with zero attached hydrogens (tertiary/aromatic N) is 2. The Kier molecular flexibility index (Phi) is 6.25. The van der Waals surface area contributed by atoms with E-state index in [0.717, 1.165) is 31.2 Å². The molecule has 0 bridgehead atoms. The summed E-state index contributed by atoms with van der Waals surface area (Å²) in [5, 5.41) is 5.30. The van der Waals surface area contributed by atoms with Gasteiger partial charge in [0.1, 0.15) is 0 Å². The van der Waals surface area contributed by atoms with Crippen molar-refractivity contribution in [1.29, 1.82) is 0 Å². The summed E-state index contributed by atoms with van der Waals surface area (Å²) in [6, 6.07) is 17.6. The van der Waals surface area contributed by atoms with Crippen molar-refractivity contribution in [3.8, 4) is 11.3 Å². The van der Waals surface area contributed by atoms with Crippen molar-refractivity contribution in [2.45, 2.75) is 42.0 Å². The number of halogens is 1. The smallest absolute Gasteiger partial charge is 0.267 e. The van der Waals surface area contributed by atoms with Crippen LogP contribution >= 0.6 is 11.6 Å². The summed E-state index contributed by atoms with van der Waals surface area (Å²) in [6.45, 7) is 0.515. The van der Waals surface area contributed by atoms with Gasteiger partial charge in [-0.05, 0) is 61.6 Å². The molecule has 3 aromatic rings. The number of sulfone groups is 1. The number of benzene rings is 2. The van der Waals surface area contributed by atoms with E-state index >= 15 is 0 Å². The number of rotatable bonds is 5. The summed E-state index contributed by atoms with van der Waals surface area (Å²) in [6.07, 6.45) is 4.37. The van der Waals surface area contributed by atoms with Crippen LogP contribution in [-0.4, -0.2) is 31.0 Å². The van der Waals surface area contributed by atoms with Crippen LogP contribution in [-0.2, 0) is 15.3 Å². The minimum absolute atomic E-state index is 0.0422. The first kappa shape index (κ1) is 22.7. The lowest BCUT2D eigenvalue weighted by molar-refractivity contribution is 0.222. The molecule has 1 aromatic heterocycles. The lowest BCUT2D eigenvalue weighted by Crippen LogP contribution is -2.41. The van der Waals surface area contributed by atoms with E-state index in [4.69, 9.17) is 17.3 Å². The van der Waals surface area contributed by atoms with Crippen LogP contribution in [0.15, 0.2) is 70.4 Å². The van der Waals surface area contributed by atoms with Crippen molar-refractivity contribution in [2.75, 3.05) is 12.8 Å². The topological polar surface area (TPSA) is 95.0 Å². The molecule has 0 spiro atoms. The molecule has 0 unspecified atom stereocenters. The Morgan fingerprint density at radius 3 is 2.47 bits per heavy atom. The maximum Gasteiger partial charge on any atom is 0.267 e. The maximum absolute atomic E-state index is 12.6. The number of nitrogens with two attached hydrogens (primary N) is 1. The van der Waals surface area contributed by atoms with Crippen LogP contribution in [0.3, 0.4) is 0 Å². The molecule has 1 fully saturated rings. The van der Waals surface area contributed by atoms with Crippen LogP contribution in [0.5, 0.6) is 0 Å². The summed E-state index contributed by atoms with van der Waals surface area (Å²) >= 11 is 6.21. The van der Waals surface area contributed by atoms with E-state index in [0.29, 0.717) is 22.8 Å². The van der Waals surface area contributed by atoms with E-state index in [2.05, 4.69) is 11.2 Å². The SMILES string of the molecule is CS(=O)(=O)c1cccc(-c2ccc(=O)n([C@H]3CC[C@@](CN)(c4cccc(Cl)c4)CC3)n2)c1. The third-order valence-electron chi connectivity index (χ3n) is 6.47. The highest BCUT2D eigenvalue weighted by Crippen LogP contribution is 2.42. The van der Waals surface area contributed by atoms with Crippen LogP contribution in [0.2, 0.25) is 5.02 Å². The summed E-state index contributed by atoms with van der Waals surface area (Å²) in [5.41, 5.74) is 8.25. The van der Waals surface area contributed by atoms with Crippen LogP contribution in [0.1, 0.15) is 37.3 Å². The molecule has 0 aliphatic heterocycles. The number of hydrogen-bond donors (Lipinski definition) is 1. The van der Waals surface area contributed by atoms with E-state index in [1.807, 2.05) is 18.2 Å². The normalized spacial score (nSPS) is 21.4. The van der Waals surface area contributed by atoms with E-state index in [-0.39, 0.29) is 21.9 Å². The van der Waals surface area contributed by atoms with Crippen molar-refractivity contribution in [1.82, 2.24) is 9.78 Å². The highest BCUT2D eigenvalue weighted by molar-refractivity contribution is 7.90. The first-order valence-corrected chi connectivity index (χ1v) is 12.9. The minimum atomic E-state index is -3.34. The zero-order chi connectivity index (χ0) is 22.9. The molecule has 0 amide bonds. The van der Waals surface area contributed by atoms with Crippen LogP contribution in [0.25, 0.3) is 11.3 Å². The van der Waals surface area contributed by atoms with Crippen molar-refractivity contribution in [2.24, 2.45) is 5.73 Å². The Labute approximate surface area is 193 Å². The summed E-state index contributed by atoms with van der Waals surface area (Å²) < 4.78 is 25.4. The van der Waals surface area contributed by atoms with E-state index in [1.165, 1.54) is 12.3 Å². The maximum atomic E-state index is 12.6. The first-order chi connectivity index (χ1) is 15.2. The second-order valence-corrected chi connectivity index (χ2v) is 11.0. The lowest BCUT2D eigenvalue weighted by atomic mass is 9.68. The van der Waals surface area contributed by atoms with Gasteiger partial charge in [0.25, 0.3) is 5.56 Å². The molecule has 32 heavy (non-hydrogen) atoms. The largest absolute Gasteiger partial charge is 0.330 e. The van der Waals surface area contributed by atoms with Gasteiger partial charge in [-0.2, -0.15) is 5.10 Å². The van der Waals surface area contributed by atoms with Crippen molar-refractivity contribution in [3.63, 3.8) is 0 Å². The second kappa shape index (κ2) is 8.81. The van der Waals surface area contributed by atoms with Gasteiger partial charge < -0.3 is 5.73 Å². The van der Waals surface area contributed by atoms with Gasteiger partial charge in [-0.25, -0.2) is 13.1 Å². The molecule has 0 atom stereocenters. The molecule has 2 N–H and O–H groups in total. The van der Waals surface area contributed by atoms with Gasteiger partial charge >= 0.3 is 0 Å². The van der Waals surface area contributed by atoms with Gasteiger partial charge in [0, 0.05) is 34.9 Å². The molecule has 0 radical (unpaired) electrons. The molecule has 4 rings (SSSR count). The van der Waals surface area contributed by atoms with E-state index < -0.39 is 9.84 Å². The fraction of sp³-hybridized carbons (Fsp3) is 0.333. The van der Waals surface area contributed by atoms with E-state index in [9.17, 15) is 13.2 Å². The molecule has 8 heteroatoms. The Hall–Kier alpha value is -2.48. The quantitative estimate of drug-likeness (QED) is 0.607. The predicted molar refractivity (Wildman–Crippen MR) is 127 cm³/mol. The molecule has 1 heterocycles. The standard InChI is InChI=1S/C24H26ClN3O3S/c1-32(30,31)21-7-2-4-17(14-21)22-8-9-23(29)28(27-22)20-10-12-24(16-26,13-11-20)18-5-3-6-19(25)15-18/h2-9,14-15,20H,10-13,16,26H2,1H3/t20-,24+. The molecule has 6 nitrogen and oxygen atoms in total. The van der Waals surface area contributed by atoms with Crippen LogP contribution in [0, 0.1) is 0 Å². The first-order valence-electron chi connectivity index (χ1n) is 10.6. The van der Waals surface area contributed by atoms with Gasteiger partial charge in [0.05, 0.1) is 16.6 Å². The van der Waals surface area contributed by atoms with Crippen LogP contribution < -0.4 is 11.3 Å². The highest BCUT2D eigenvalue weighted by Gasteiger charge is 2.37. The Morgan fingerprint density at radius 2 is 1.81 bits per heavy atom. The average molecular weight is 472 g/mol. The fourth-order valence-electron chi connectivity index (χ4n) is 4.56. The average Bonchev–Trinajstić information content (AvgIpc) is 2.79. The molecule has 1 aliphatic carbocycles. The zero-order valence-electron chi connectivity index (χ0n) is 17.9. The van der Waals surface area contributed by atoms with Gasteiger partial charge in [-0.3, -0.25) is 4.79 Å². The van der Waals surface area contributed by atoms with Crippen molar-refractivity contribution >= 4 is 21.4 Å². The molecular formula is C24H26ClN3O3S. The lowest BCUT2D eigenvalue weighted by Gasteiger charge is -2.40. The molecular weight excluding hydrogens is 446 g/mol. The Balaban J connectivity index is 1.62. The fourth-order valence-corrected chi connectivity index (χ4v) is 5.41. The molecule has 2 aromatic carbocycles. The minimum Gasteiger partial charge on any atom is -0.330 e. The molecule has 1 saturated carbocycles. The number of hydrogen-bond acceptors (Lipinski definition) is 5. The highest BCUT2D eigenvalue weighted by atomic mass is 35.5. The molecule has 1 aliphatic rings. The second-order valence-electron chi connectivity index (χ2n) is 8.53. The third kappa shape index (κ3) is 4.51. The molecule has 168 valence electrons. The molecule has 0 saturated heterocycles. The zero-order valence-corrected chi connectivity index (χ0v) is 19.4. The van der Waals surface area contributed by atoms with E-state index in [1.54, 1.807) is 35.0 Å². The van der Waals surface area contributed by atoms with Crippen molar-refractivity contribution < 1.29 is 8.42 Å². The van der Waals surface area contributed by atoms with Gasteiger partial charge in [-0.1, -0.05) is 35.9 Å². The Morgan fingerprint density at radius 1 is 1.09 bits per heavy atom. The summed E-state index contributed by atoms with van der Waals surface area (Å²) in [5.74, 6) is 0. The number of aromatic nitrogens is 2. The van der Waals surface area contributed by atoms with Gasteiger partial charge in [0.15, 0.2) is 9.84 Å². The summed E-state index contributed by atoms with van der Waals surface area (Å²) in [4.78, 5) is 12.9. The predicted octanol–water partition coefficient (Wildman–Crippen LogP) is 3.98. The van der Waals surface area contributed by atoms with Gasteiger partial charge in [-0.15, -0.1) is 0 Å². The monoisotopic (exact) mass is 471 g/mol. The third-order valence-corrected chi connectivity index (χ3v) is 7.81. The van der Waals surface area contributed by atoms with Gasteiger partial charge in [0.2, 0.25) is 0 Å². The summed E-state index contributed by atoms with van der Waals surface area (Å²) in [7, 11) is -3.34. The van der Waals surface area contributed by atoms with Crippen LogP contribution in [0.4, 0.5) is 0 Å².